The monoisotopic (exact) mass is 156 g/mol. The van der Waals surface area contributed by atoms with Crippen molar-refractivity contribution in [3.63, 3.8) is 0 Å². The molecule has 0 amide bonds. The van der Waals surface area contributed by atoms with Crippen molar-refractivity contribution in [1.82, 2.24) is 0 Å². The fourth-order valence-electron chi connectivity index (χ4n) is 5.43. The first-order chi connectivity index (χ1) is 5.89. The first-order valence-electron chi connectivity index (χ1n) is 5.26. The summed E-state index contributed by atoms with van der Waals surface area (Å²) in [7, 11) is 0. The number of rotatable bonds is 0. The Hall–Kier alpha value is -0.520. The molecule has 6 aliphatic carbocycles. The lowest BCUT2D eigenvalue weighted by molar-refractivity contribution is -0.0384. The van der Waals surface area contributed by atoms with Crippen LogP contribution in [-0.4, -0.2) is 0 Å². The van der Waals surface area contributed by atoms with Gasteiger partial charge < -0.3 is 0 Å². The second-order valence-corrected chi connectivity index (χ2v) is 5.48. The molecule has 0 N–H and O–H groups in total. The highest BCUT2D eigenvalue weighted by Crippen LogP contribution is 2.85. The minimum Gasteiger partial charge on any atom is -0.0993 e. The molecule has 5 fully saturated rings. The van der Waals surface area contributed by atoms with Crippen molar-refractivity contribution < 1.29 is 0 Å². The number of hydrogen-bond donors (Lipinski definition) is 0. The fourth-order valence-corrected chi connectivity index (χ4v) is 5.43. The molecule has 0 saturated heterocycles. The first-order valence-corrected chi connectivity index (χ1v) is 5.26. The van der Waals surface area contributed by atoms with Crippen LogP contribution in [0.4, 0.5) is 0 Å². The highest BCUT2D eigenvalue weighted by atomic mass is 14.8. The van der Waals surface area contributed by atoms with Gasteiger partial charge in [0, 0.05) is 0 Å². The van der Waals surface area contributed by atoms with E-state index in [0.29, 0.717) is 0 Å². The Bertz CT molecular complexity index is 351. The van der Waals surface area contributed by atoms with E-state index in [4.69, 9.17) is 0 Å². The SMILES string of the molecule is C=C1C2C3C4C=CC3C3C1C3C42. The lowest BCUT2D eigenvalue weighted by Crippen LogP contribution is -2.52. The van der Waals surface area contributed by atoms with Gasteiger partial charge in [0.25, 0.3) is 0 Å². The minimum atomic E-state index is 0.981. The van der Waals surface area contributed by atoms with E-state index in [0.717, 1.165) is 47.3 Å². The summed E-state index contributed by atoms with van der Waals surface area (Å²) >= 11 is 0. The molecule has 0 nitrogen and oxygen atoms in total. The maximum Gasteiger partial charge on any atom is -0.0126 e. The zero-order valence-corrected chi connectivity index (χ0v) is 6.98. The quantitative estimate of drug-likeness (QED) is 0.471. The summed E-state index contributed by atoms with van der Waals surface area (Å²) in [5.74, 6) is 8.29. The van der Waals surface area contributed by atoms with Crippen LogP contribution >= 0.6 is 0 Å². The highest BCUT2D eigenvalue weighted by molar-refractivity contribution is 5.45. The molecule has 0 heterocycles. The highest BCUT2D eigenvalue weighted by Gasteiger charge is 2.80. The van der Waals surface area contributed by atoms with E-state index < -0.39 is 0 Å². The third-order valence-corrected chi connectivity index (χ3v) is 5.60. The molecule has 0 aromatic heterocycles. The molecule has 0 radical (unpaired) electrons. The van der Waals surface area contributed by atoms with Crippen LogP contribution in [0.25, 0.3) is 0 Å². The van der Waals surface area contributed by atoms with Crippen molar-refractivity contribution in [3.8, 4) is 0 Å². The third kappa shape index (κ3) is 0.268. The van der Waals surface area contributed by atoms with E-state index in [1.165, 1.54) is 0 Å². The second-order valence-electron chi connectivity index (χ2n) is 5.48. The molecule has 0 heteroatoms. The molecule has 6 aliphatic rings. The summed E-state index contributed by atoms with van der Waals surface area (Å²) in [6.45, 7) is 4.31. The summed E-state index contributed by atoms with van der Waals surface area (Å²) in [5, 5.41) is 0. The van der Waals surface area contributed by atoms with Crippen molar-refractivity contribution in [2.24, 2.45) is 47.3 Å². The van der Waals surface area contributed by atoms with Gasteiger partial charge in [-0.1, -0.05) is 24.3 Å². The van der Waals surface area contributed by atoms with Crippen molar-refractivity contribution in [2.45, 2.75) is 0 Å². The van der Waals surface area contributed by atoms with E-state index in [9.17, 15) is 0 Å². The van der Waals surface area contributed by atoms with E-state index in [-0.39, 0.29) is 0 Å². The van der Waals surface area contributed by atoms with Gasteiger partial charge in [0.1, 0.15) is 0 Å². The molecule has 5 saturated carbocycles. The van der Waals surface area contributed by atoms with Gasteiger partial charge in [0.2, 0.25) is 0 Å². The smallest absolute Gasteiger partial charge is 0.0126 e. The van der Waals surface area contributed by atoms with E-state index in [2.05, 4.69) is 18.7 Å². The standard InChI is InChI=1S/C12H12/c1-4-7-9-5-2-3-6(9)11-8(4)12(11)10(5)7/h2-3,5-12H,1H2. The largest absolute Gasteiger partial charge is 0.0993 e. The maximum atomic E-state index is 4.31. The van der Waals surface area contributed by atoms with E-state index in [1.54, 1.807) is 5.57 Å². The Morgan fingerprint density at radius 2 is 1.42 bits per heavy atom. The lowest BCUT2D eigenvalue weighted by atomic mass is 9.48. The molecule has 0 spiro atoms. The van der Waals surface area contributed by atoms with Gasteiger partial charge in [-0.05, 0) is 47.3 Å². The van der Waals surface area contributed by atoms with Crippen LogP contribution in [0.3, 0.4) is 0 Å². The molecule has 0 aromatic carbocycles. The summed E-state index contributed by atoms with van der Waals surface area (Å²) < 4.78 is 0. The average molecular weight is 156 g/mol. The van der Waals surface area contributed by atoms with Crippen LogP contribution in [0, 0.1) is 47.3 Å². The van der Waals surface area contributed by atoms with Crippen LogP contribution < -0.4 is 0 Å². The Labute approximate surface area is 72.3 Å². The molecule has 6 bridgehead atoms. The van der Waals surface area contributed by atoms with Gasteiger partial charge in [0.05, 0.1) is 0 Å². The lowest BCUT2D eigenvalue weighted by Gasteiger charge is -2.55. The number of hydrogen-bond acceptors (Lipinski definition) is 0. The summed E-state index contributed by atoms with van der Waals surface area (Å²) in [4.78, 5) is 0. The van der Waals surface area contributed by atoms with Crippen molar-refractivity contribution >= 4 is 0 Å². The predicted octanol–water partition coefficient (Wildman–Crippen LogP) is 2.10. The molecule has 0 aliphatic heterocycles. The molecular formula is C12H12. The maximum absolute atomic E-state index is 4.31. The Kier molecular flexibility index (Phi) is 0.509. The molecule has 8 atom stereocenters. The first kappa shape index (κ1) is 5.26. The molecule has 12 heavy (non-hydrogen) atoms. The summed E-state index contributed by atoms with van der Waals surface area (Å²) in [6.07, 6.45) is 5.07. The van der Waals surface area contributed by atoms with Gasteiger partial charge in [-0.25, -0.2) is 0 Å². The Morgan fingerprint density at radius 1 is 0.833 bits per heavy atom. The van der Waals surface area contributed by atoms with Gasteiger partial charge in [-0.3, -0.25) is 0 Å². The summed E-state index contributed by atoms with van der Waals surface area (Å²) in [5.41, 5.74) is 1.66. The summed E-state index contributed by atoms with van der Waals surface area (Å²) in [6, 6.07) is 0. The fraction of sp³-hybridized carbons (Fsp3) is 0.667. The average Bonchev–Trinajstić information content (AvgIpc) is 2.61. The van der Waals surface area contributed by atoms with Gasteiger partial charge in [-0.2, -0.15) is 0 Å². The second kappa shape index (κ2) is 1.16. The Morgan fingerprint density at radius 3 is 2.00 bits per heavy atom. The van der Waals surface area contributed by atoms with Crippen molar-refractivity contribution in [3.05, 3.63) is 24.3 Å². The van der Waals surface area contributed by atoms with Gasteiger partial charge in [-0.15, -0.1) is 0 Å². The van der Waals surface area contributed by atoms with Crippen LogP contribution in [-0.2, 0) is 0 Å². The predicted molar refractivity (Wildman–Crippen MR) is 46.2 cm³/mol. The van der Waals surface area contributed by atoms with Crippen LogP contribution in [0.15, 0.2) is 24.3 Å². The zero-order chi connectivity index (χ0) is 7.61. The molecule has 60 valence electrons. The van der Waals surface area contributed by atoms with Gasteiger partial charge in [0.15, 0.2) is 0 Å². The number of allylic oxidation sites excluding steroid dienone is 3. The van der Waals surface area contributed by atoms with Gasteiger partial charge >= 0.3 is 0 Å². The van der Waals surface area contributed by atoms with E-state index in [1.807, 2.05) is 0 Å². The third-order valence-electron chi connectivity index (χ3n) is 5.60. The topological polar surface area (TPSA) is 0 Å². The zero-order valence-electron chi connectivity index (χ0n) is 6.98. The van der Waals surface area contributed by atoms with E-state index >= 15 is 0 Å². The molecular weight excluding hydrogens is 144 g/mol. The van der Waals surface area contributed by atoms with Crippen LogP contribution in [0.1, 0.15) is 0 Å². The molecule has 8 unspecified atom stereocenters. The van der Waals surface area contributed by atoms with Crippen molar-refractivity contribution in [1.29, 1.82) is 0 Å². The normalized spacial score (nSPS) is 77.8. The molecule has 0 aromatic rings. The van der Waals surface area contributed by atoms with Crippen molar-refractivity contribution in [2.75, 3.05) is 0 Å². The minimum absolute atomic E-state index is 0.981. The Balaban J connectivity index is 1.85. The molecule has 6 rings (SSSR count). The van der Waals surface area contributed by atoms with Crippen LogP contribution in [0.5, 0.6) is 0 Å². The van der Waals surface area contributed by atoms with Crippen LogP contribution in [0.2, 0.25) is 0 Å².